The fourth-order valence-electron chi connectivity index (χ4n) is 2.21. The number of hydrogen-bond acceptors (Lipinski definition) is 4. The van der Waals surface area contributed by atoms with E-state index in [-0.39, 0.29) is 18.9 Å². The van der Waals surface area contributed by atoms with Gasteiger partial charge in [0.2, 0.25) is 0 Å². The van der Waals surface area contributed by atoms with Crippen molar-refractivity contribution < 1.29 is 28.2 Å². The van der Waals surface area contributed by atoms with Gasteiger partial charge in [-0.15, -0.1) is 6.58 Å². The Morgan fingerprint density at radius 2 is 1.96 bits per heavy atom. The highest BCUT2D eigenvalue weighted by atomic mass is 19.1. The van der Waals surface area contributed by atoms with Crippen LogP contribution in [0.5, 0.6) is 5.75 Å². The van der Waals surface area contributed by atoms with Gasteiger partial charge in [-0.05, 0) is 29.8 Å². The molecule has 0 unspecified atom stereocenters. The van der Waals surface area contributed by atoms with Crippen LogP contribution < -0.4 is 10.1 Å². The molecule has 0 fully saturated rings. The largest absolute Gasteiger partial charge is 0.491 e. The molecule has 0 saturated heterocycles. The van der Waals surface area contributed by atoms with Crippen molar-refractivity contribution in [2.75, 3.05) is 18.5 Å². The Kier molecular flexibility index (Phi) is 7.11. The Bertz CT molecular complexity index is 750. The van der Waals surface area contributed by atoms with Crippen LogP contribution in [-0.2, 0) is 4.74 Å². The first kappa shape index (κ1) is 19.4. The van der Waals surface area contributed by atoms with Gasteiger partial charge in [-0.25, -0.2) is 13.6 Å². The Hall–Kier alpha value is -2.93. The summed E-state index contributed by atoms with van der Waals surface area (Å²) in [6.07, 6.45) is 0.425. The summed E-state index contributed by atoms with van der Waals surface area (Å²) in [6, 6.07) is 9.61. The van der Waals surface area contributed by atoms with E-state index < -0.39 is 23.8 Å². The van der Waals surface area contributed by atoms with Crippen molar-refractivity contribution in [3.63, 3.8) is 0 Å². The highest BCUT2D eigenvalue weighted by Gasteiger charge is 2.17. The van der Waals surface area contributed by atoms with Crippen molar-refractivity contribution in [1.29, 1.82) is 0 Å². The van der Waals surface area contributed by atoms with Crippen molar-refractivity contribution in [3.8, 4) is 5.75 Å². The number of amides is 1. The molecule has 138 valence electrons. The molecule has 2 aromatic rings. The van der Waals surface area contributed by atoms with Crippen LogP contribution in [0, 0.1) is 11.6 Å². The monoisotopic (exact) mass is 363 g/mol. The van der Waals surface area contributed by atoms with Crippen molar-refractivity contribution in [3.05, 3.63) is 72.3 Å². The quantitative estimate of drug-likeness (QED) is 0.690. The molecule has 5 nitrogen and oxygen atoms in total. The molecule has 2 aromatic carbocycles. The smallest absolute Gasteiger partial charge is 0.412 e. The molecule has 2 N–H and O–H groups in total. The average Bonchev–Trinajstić information content (AvgIpc) is 2.62. The molecule has 7 heteroatoms. The minimum atomic E-state index is -0.896. The van der Waals surface area contributed by atoms with Gasteiger partial charge in [-0.3, -0.25) is 5.32 Å². The SMILES string of the molecule is C=CC[C@H](OC(=O)Nc1ccc(F)cc1F)c1ccc(OCCO)cc1. The number of carbonyl (C=O) groups excluding carboxylic acids is 1. The van der Waals surface area contributed by atoms with Gasteiger partial charge in [0, 0.05) is 12.5 Å². The summed E-state index contributed by atoms with van der Waals surface area (Å²) in [5, 5.41) is 11.0. The highest BCUT2D eigenvalue weighted by molar-refractivity contribution is 5.84. The van der Waals surface area contributed by atoms with E-state index in [4.69, 9.17) is 14.6 Å². The zero-order chi connectivity index (χ0) is 18.9. The molecule has 0 saturated carbocycles. The minimum absolute atomic E-state index is 0.0932. The zero-order valence-electron chi connectivity index (χ0n) is 14.0. The molecule has 0 radical (unpaired) electrons. The molecule has 0 heterocycles. The van der Waals surface area contributed by atoms with E-state index in [2.05, 4.69) is 11.9 Å². The van der Waals surface area contributed by atoms with E-state index in [1.807, 2.05) is 0 Å². The number of anilines is 1. The van der Waals surface area contributed by atoms with Gasteiger partial charge in [0.05, 0.1) is 12.3 Å². The zero-order valence-corrected chi connectivity index (χ0v) is 14.0. The maximum atomic E-state index is 13.6. The third kappa shape index (κ3) is 5.56. The van der Waals surface area contributed by atoms with Crippen LogP contribution in [0.1, 0.15) is 18.1 Å². The molecule has 1 amide bonds. The van der Waals surface area contributed by atoms with E-state index in [1.54, 1.807) is 30.3 Å². The van der Waals surface area contributed by atoms with Gasteiger partial charge in [0.1, 0.15) is 30.1 Å². The Labute approximate surface area is 149 Å². The van der Waals surface area contributed by atoms with Crippen LogP contribution in [0.3, 0.4) is 0 Å². The topological polar surface area (TPSA) is 67.8 Å². The third-order valence-corrected chi connectivity index (χ3v) is 3.41. The molecule has 0 aliphatic carbocycles. The molecular weight excluding hydrogens is 344 g/mol. The van der Waals surface area contributed by atoms with Crippen LogP contribution in [0.25, 0.3) is 0 Å². The van der Waals surface area contributed by atoms with Gasteiger partial charge >= 0.3 is 6.09 Å². The maximum absolute atomic E-state index is 13.6. The Morgan fingerprint density at radius 1 is 1.23 bits per heavy atom. The molecule has 0 aliphatic rings. The van der Waals surface area contributed by atoms with E-state index in [0.717, 1.165) is 12.1 Å². The highest BCUT2D eigenvalue weighted by Crippen LogP contribution is 2.25. The lowest BCUT2D eigenvalue weighted by atomic mass is 10.1. The second kappa shape index (κ2) is 9.53. The van der Waals surface area contributed by atoms with E-state index in [1.165, 1.54) is 0 Å². The van der Waals surface area contributed by atoms with Crippen LogP contribution in [0.2, 0.25) is 0 Å². The van der Waals surface area contributed by atoms with E-state index in [9.17, 15) is 13.6 Å². The number of aliphatic hydroxyl groups is 1. The average molecular weight is 363 g/mol. The summed E-state index contributed by atoms with van der Waals surface area (Å²) in [6.45, 7) is 3.72. The molecule has 1 atom stereocenters. The molecule has 0 bridgehead atoms. The number of carbonyl (C=O) groups is 1. The fraction of sp³-hybridized carbons (Fsp3) is 0.211. The summed E-state index contributed by atoms with van der Waals surface area (Å²) < 4.78 is 37.1. The lowest BCUT2D eigenvalue weighted by Gasteiger charge is -2.18. The van der Waals surface area contributed by atoms with Crippen LogP contribution in [0.4, 0.5) is 19.3 Å². The first-order valence-corrected chi connectivity index (χ1v) is 7.90. The van der Waals surface area contributed by atoms with Crippen molar-refractivity contribution in [1.82, 2.24) is 0 Å². The number of benzene rings is 2. The second-order valence-electron chi connectivity index (χ2n) is 5.31. The van der Waals surface area contributed by atoms with Gasteiger partial charge in [0.15, 0.2) is 0 Å². The lowest BCUT2D eigenvalue weighted by molar-refractivity contribution is 0.112. The normalized spacial score (nSPS) is 11.5. The number of ether oxygens (including phenoxy) is 2. The molecule has 0 spiro atoms. The van der Waals surface area contributed by atoms with Crippen LogP contribution in [0.15, 0.2) is 55.1 Å². The summed E-state index contributed by atoms with van der Waals surface area (Å²) in [5.74, 6) is -1.07. The summed E-state index contributed by atoms with van der Waals surface area (Å²) in [5.41, 5.74) is 0.512. The lowest BCUT2D eigenvalue weighted by Crippen LogP contribution is -2.18. The number of rotatable bonds is 8. The number of halogens is 2. The van der Waals surface area contributed by atoms with Crippen molar-refractivity contribution in [2.45, 2.75) is 12.5 Å². The molecule has 26 heavy (non-hydrogen) atoms. The molecule has 0 aromatic heterocycles. The standard InChI is InChI=1S/C19H19F2NO4/c1-2-3-18(13-4-7-15(8-5-13)25-11-10-23)26-19(24)22-17-9-6-14(20)12-16(17)21/h2,4-9,12,18,23H,1,3,10-11H2,(H,22,24)/t18-/m0/s1. The summed E-state index contributed by atoms with van der Waals surface area (Å²) in [7, 11) is 0. The number of hydrogen-bond donors (Lipinski definition) is 2. The first-order valence-electron chi connectivity index (χ1n) is 7.90. The molecular formula is C19H19F2NO4. The fourth-order valence-corrected chi connectivity index (χ4v) is 2.21. The van der Waals surface area contributed by atoms with E-state index >= 15 is 0 Å². The van der Waals surface area contributed by atoms with Gasteiger partial charge < -0.3 is 14.6 Å². The Balaban J connectivity index is 2.04. The van der Waals surface area contributed by atoms with Crippen LogP contribution in [-0.4, -0.2) is 24.4 Å². The van der Waals surface area contributed by atoms with Crippen molar-refractivity contribution in [2.24, 2.45) is 0 Å². The summed E-state index contributed by atoms with van der Waals surface area (Å²) >= 11 is 0. The van der Waals surface area contributed by atoms with E-state index in [0.29, 0.717) is 23.8 Å². The van der Waals surface area contributed by atoms with Gasteiger partial charge in [-0.1, -0.05) is 18.2 Å². The maximum Gasteiger partial charge on any atom is 0.412 e. The van der Waals surface area contributed by atoms with Crippen molar-refractivity contribution >= 4 is 11.8 Å². The number of nitrogens with one attached hydrogen (secondary N) is 1. The predicted molar refractivity (Wildman–Crippen MR) is 93.0 cm³/mol. The third-order valence-electron chi connectivity index (χ3n) is 3.41. The second-order valence-corrected chi connectivity index (χ2v) is 5.31. The van der Waals surface area contributed by atoms with Gasteiger partial charge in [0.25, 0.3) is 0 Å². The number of aliphatic hydroxyl groups excluding tert-OH is 1. The first-order chi connectivity index (χ1) is 12.5. The van der Waals surface area contributed by atoms with Gasteiger partial charge in [-0.2, -0.15) is 0 Å². The summed E-state index contributed by atoms with van der Waals surface area (Å²) in [4.78, 5) is 12.0. The molecule has 2 rings (SSSR count). The predicted octanol–water partition coefficient (Wildman–Crippen LogP) is 4.20. The van der Waals surface area contributed by atoms with Crippen LogP contribution >= 0.6 is 0 Å². The Morgan fingerprint density at radius 3 is 2.58 bits per heavy atom. The molecule has 0 aliphatic heterocycles. The minimum Gasteiger partial charge on any atom is -0.491 e.